The predicted octanol–water partition coefficient (Wildman–Crippen LogP) is 5.05. The summed E-state index contributed by atoms with van der Waals surface area (Å²) in [6.45, 7) is 3.74. The monoisotopic (exact) mass is 627 g/mol. The van der Waals surface area contributed by atoms with Crippen LogP contribution in [0.25, 0.3) is 32.6 Å². The van der Waals surface area contributed by atoms with Crippen molar-refractivity contribution in [3.05, 3.63) is 63.5 Å². The van der Waals surface area contributed by atoms with Crippen LogP contribution in [0.15, 0.2) is 46.8 Å². The fourth-order valence-corrected chi connectivity index (χ4v) is 5.57. The molecule has 3 heterocycles. The van der Waals surface area contributed by atoms with E-state index in [1.807, 2.05) is 23.6 Å². The normalized spacial score (nSPS) is 13.3. The van der Waals surface area contributed by atoms with Gasteiger partial charge in [-0.05, 0) is 63.5 Å². The second kappa shape index (κ2) is 12.7. The molecule has 4 aromatic rings. The number of rotatable bonds is 10. The predicted molar refractivity (Wildman–Crippen MR) is 164 cm³/mol. The lowest BCUT2D eigenvalue weighted by atomic mass is 9.99. The van der Waals surface area contributed by atoms with Crippen LogP contribution in [0.3, 0.4) is 0 Å². The number of nitrogens with zero attached hydrogens (tertiary/aromatic N) is 4. The van der Waals surface area contributed by atoms with Gasteiger partial charge in [0.2, 0.25) is 5.43 Å². The van der Waals surface area contributed by atoms with Crippen molar-refractivity contribution in [1.29, 1.82) is 0 Å². The van der Waals surface area contributed by atoms with Gasteiger partial charge in [0.1, 0.15) is 16.4 Å². The van der Waals surface area contributed by atoms with Gasteiger partial charge in [-0.1, -0.05) is 6.07 Å². The first-order valence-electron chi connectivity index (χ1n) is 14.1. The number of alkyl halides is 3. The first-order valence-corrected chi connectivity index (χ1v) is 15.0. The fourth-order valence-electron chi connectivity index (χ4n) is 4.72. The number of carbonyl (C=O) groups excluding carboxylic acids is 2. The van der Waals surface area contributed by atoms with Gasteiger partial charge < -0.3 is 20.1 Å². The summed E-state index contributed by atoms with van der Waals surface area (Å²) in [4.78, 5) is 48.7. The maximum absolute atomic E-state index is 13.5. The first-order chi connectivity index (χ1) is 20.9. The van der Waals surface area contributed by atoms with Crippen molar-refractivity contribution in [2.75, 3.05) is 39.0 Å². The average Bonchev–Trinajstić information content (AvgIpc) is 3.63. The van der Waals surface area contributed by atoms with Crippen molar-refractivity contribution >= 4 is 40.0 Å². The number of thiazole rings is 1. The summed E-state index contributed by atoms with van der Waals surface area (Å²) in [6.07, 6.45) is 0.506. The van der Waals surface area contributed by atoms with Gasteiger partial charge in [-0.15, -0.1) is 11.3 Å². The molecule has 10 nitrogen and oxygen atoms in total. The lowest BCUT2D eigenvalue weighted by molar-refractivity contribution is -0.140. The van der Waals surface area contributed by atoms with Crippen LogP contribution in [0.4, 0.5) is 23.8 Å². The van der Waals surface area contributed by atoms with Crippen molar-refractivity contribution in [3.63, 3.8) is 0 Å². The van der Waals surface area contributed by atoms with Crippen LogP contribution < -0.4 is 21.4 Å². The molecule has 3 aromatic heterocycles. The van der Waals surface area contributed by atoms with Crippen LogP contribution in [-0.4, -0.2) is 65.1 Å². The molecular formula is C30H32F3N7O3S. The van der Waals surface area contributed by atoms with Crippen LogP contribution in [0.2, 0.25) is 0 Å². The van der Waals surface area contributed by atoms with Gasteiger partial charge >= 0.3 is 12.2 Å². The van der Waals surface area contributed by atoms with Crippen LogP contribution in [-0.2, 0) is 12.7 Å². The molecule has 3 N–H and O–H groups in total. The van der Waals surface area contributed by atoms with Crippen molar-refractivity contribution < 1.29 is 22.8 Å². The summed E-state index contributed by atoms with van der Waals surface area (Å²) in [5, 5.41) is 9.37. The van der Waals surface area contributed by atoms with Gasteiger partial charge in [-0.2, -0.15) is 13.2 Å². The van der Waals surface area contributed by atoms with Gasteiger partial charge in [-0.3, -0.25) is 14.9 Å². The van der Waals surface area contributed by atoms with E-state index in [1.165, 1.54) is 12.3 Å². The van der Waals surface area contributed by atoms with Gasteiger partial charge in [0.05, 0.1) is 5.52 Å². The highest BCUT2D eigenvalue weighted by Gasteiger charge is 2.34. The van der Waals surface area contributed by atoms with E-state index in [0.717, 1.165) is 29.6 Å². The number of amides is 3. The van der Waals surface area contributed by atoms with Crippen molar-refractivity contribution in [1.82, 2.24) is 30.1 Å². The Hall–Kier alpha value is -4.30. The van der Waals surface area contributed by atoms with E-state index in [9.17, 15) is 27.6 Å². The summed E-state index contributed by atoms with van der Waals surface area (Å²) in [7, 11) is 3.78. The topological polar surface area (TPSA) is 121 Å². The fraction of sp³-hybridized carbons (Fsp3) is 0.367. The van der Waals surface area contributed by atoms with Gasteiger partial charge in [-0.25, -0.2) is 14.8 Å². The number of halogens is 3. The number of benzene rings is 1. The number of aromatic nitrogens is 3. The molecule has 1 aromatic carbocycles. The minimum absolute atomic E-state index is 0.0512. The number of urea groups is 1. The lowest BCUT2D eigenvalue weighted by Crippen LogP contribution is -2.34. The molecule has 0 spiro atoms. The third-order valence-electron chi connectivity index (χ3n) is 7.14. The summed E-state index contributed by atoms with van der Waals surface area (Å²) in [5.41, 5.74) is 0.597. The zero-order chi connectivity index (χ0) is 31.6. The molecule has 1 aliphatic rings. The number of carbonyl (C=O) groups is 2. The third-order valence-corrected chi connectivity index (χ3v) is 8.02. The van der Waals surface area contributed by atoms with E-state index in [1.54, 1.807) is 31.3 Å². The van der Waals surface area contributed by atoms with E-state index >= 15 is 0 Å². The van der Waals surface area contributed by atoms with Crippen LogP contribution in [0.5, 0.6) is 0 Å². The smallest absolute Gasteiger partial charge is 0.351 e. The van der Waals surface area contributed by atoms with Gasteiger partial charge in [0, 0.05) is 60.5 Å². The minimum Gasteiger partial charge on any atom is -0.351 e. The summed E-state index contributed by atoms with van der Waals surface area (Å²) >= 11 is 0.826. The lowest BCUT2D eigenvalue weighted by Gasteiger charge is -2.16. The zero-order valence-electron chi connectivity index (χ0n) is 24.4. The molecule has 0 aliphatic heterocycles. The Morgan fingerprint density at radius 2 is 1.91 bits per heavy atom. The molecule has 3 amide bonds. The van der Waals surface area contributed by atoms with Crippen LogP contribution >= 0.6 is 11.3 Å². The number of anilines is 1. The van der Waals surface area contributed by atoms with Crippen molar-refractivity contribution in [2.45, 2.75) is 32.5 Å². The molecule has 1 saturated carbocycles. The van der Waals surface area contributed by atoms with E-state index < -0.39 is 29.2 Å². The largest absolute Gasteiger partial charge is 0.434 e. The Morgan fingerprint density at radius 3 is 2.57 bits per heavy atom. The molecule has 1 aliphatic carbocycles. The first kappa shape index (κ1) is 31.1. The zero-order valence-corrected chi connectivity index (χ0v) is 25.2. The Kier molecular flexibility index (Phi) is 9.02. The molecule has 5 rings (SSSR count). The molecule has 14 heteroatoms. The molecule has 0 bridgehead atoms. The number of hydrogen-bond acceptors (Lipinski definition) is 7. The Labute approximate surface area is 255 Å². The maximum atomic E-state index is 13.5. The molecule has 232 valence electrons. The molecule has 44 heavy (non-hydrogen) atoms. The molecule has 0 radical (unpaired) electrons. The Morgan fingerprint density at radius 1 is 1.14 bits per heavy atom. The minimum atomic E-state index is -4.62. The SMILES string of the molecule is CCNC(=O)Nc1cc(-c2nc(C(F)(F)F)cs2)c(-c2ccc3c(=O)c(C(=O)NCCN(C)C)cn(CC4CC4)c3c2)cn1. The molecule has 1 fully saturated rings. The summed E-state index contributed by atoms with van der Waals surface area (Å²) in [6, 6.07) is 6.05. The number of pyridine rings is 2. The maximum Gasteiger partial charge on any atom is 0.434 e. The highest BCUT2D eigenvalue weighted by molar-refractivity contribution is 7.13. The number of hydrogen-bond donors (Lipinski definition) is 3. The number of fused-ring (bicyclic) bond motifs is 1. The van der Waals surface area contributed by atoms with Gasteiger partial charge in [0.25, 0.3) is 5.91 Å². The van der Waals surface area contributed by atoms with Gasteiger partial charge in [0.15, 0.2) is 5.69 Å². The van der Waals surface area contributed by atoms with E-state index in [0.29, 0.717) is 59.7 Å². The number of nitrogens with one attached hydrogen (secondary N) is 3. The molecule has 0 saturated heterocycles. The highest BCUT2D eigenvalue weighted by atomic mass is 32.1. The van der Waals surface area contributed by atoms with E-state index in [2.05, 4.69) is 25.9 Å². The highest BCUT2D eigenvalue weighted by Crippen LogP contribution is 2.39. The summed E-state index contributed by atoms with van der Waals surface area (Å²) in [5.74, 6) is 0.107. The standard InChI is InChI=1S/C30H32F3N7O3S/c1-4-34-29(43)38-25-12-20(28-37-24(16-44-28)30(31,32)33)21(13-36-25)18-7-8-19-23(11-18)40(14-17-5-6-17)15-22(26(19)41)27(42)35-9-10-39(2)3/h7-8,11-13,15-17H,4-6,9-10,14H2,1-3H3,(H,35,42)(H2,34,36,38,43). The molecule has 0 unspecified atom stereocenters. The average molecular weight is 628 g/mol. The van der Waals surface area contributed by atoms with Crippen molar-refractivity contribution in [2.24, 2.45) is 5.92 Å². The van der Waals surface area contributed by atoms with Crippen molar-refractivity contribution in [3.8, 4) is 21.7 Å². The van der Waals surface area contributed by atoms with Crippen LogP contribution in [0.1, 0.15) is 35.8 Å². The Bertz CT molecular complexity index is 1760. The number of likely N-dealkylation sites (N-methyl/N-ethyl adjacent to an activating group) is 1. The molecule has 0 atom stereocenters. The van der Waals surface area contributed by atoms with Crippen LogP contribution in [0, 0.1) is 5.92 Å². The second-order valence-electron chi connectivity index (χ2n) is 10.9. The summed E-state index contributed by atoms with van der Waals surface area (Å²) < 4.78 is 42.2. The third kappa shape index (κ3) is 7.08. The van der Waals surface area contributed by atoms with E-state index in [4.69, 9.17) is 0 Å². The Balaban J connectivity index is 1.61. The van der Waals surface area contributed by atoms with E-state index in [-0.39, 0.29) is 16.4 Å². The molecular weight excluding hydrogens is 595 g/mol. The quantitative estimate of drug-likeness (QED) is 0.226. The second-order valence-corrected chi connectivity index (χ2v) is 11.8.